The van der Waals surface area contributed by atoms with E-state index in [2.05, 4.69) is 50.2 Å². The first kappa shape index (κ1) is 29.7. The fraction of sp³-hybridized carbons (Fsp3) is 0.500. The summed E-state index contributed by atoms with van der Waals surface area (Å²) in [6.45, 7) is 5.65. The molecule has 2 aliphatic rings. The van der Waals surface area contributed by atoms with E-state index in [1.165, 1.54) is 31.4 Å². The average molecular weight is 565 g/mol. The summed E-state index contributed by atoms with van der Waals surface area (Å²) >= 11 is -0.906. The number of benzene rings is 1. The SMILES string of the molecule is CCN(CC1CCCC1)C1=C(CNc2ncc(OCC[S+](C)[O-])cn2)N(Cc2ccc(C#N)cc2)C(OC)C=C1. The molecule has 10 heteroatoms. The van der Waals surface area contributed by atoms with Gasteiger partial charge in [0.2, 0.25) is 5.95 Å². The van der Waals surface area contributed by atoms with Crippen molar-refractivity contribution in [1.82, 2.24) is 19.8 Å². The van der Waals surface area contributed by atoms with Crippen molar-refractivity contribution in [3.8, 4) is 11.8 Å². The van der Waals surface area contributed by atoms with Crippen molar-refractivity contribution < 1.29 is 14.0 Å². The summed E-state index contributed by atoms with van der Waals surface area (Å²) in [4.78, 5) is 13.6. The molecule has 0 radical (unpaired) electrons. The van der Waals surface area contributed by atoms with Crippen molar-refractivity contribution in [3.05, 3.63) is 71.3 Å². The Hall–Kier alpha value is -3.26. The molecule has 1 fully saturated rings. The number of hydrogen-bond donors (Lipinski definition) is 1. The van der Waals surface area contributed by atoms with Gasteiger partial charge in [-0.15, -0.1) is 0 Å². The number of ether oxygens (including phenoxy) is 2. The van der Waals surface area contributed by atoms with Crippen molar-refractivity contribution >= 4 is 17.1 Å². The molecule has 1 saturated carbocycles. The molecule has 1 aromatic heterocycles. The largest absolute Gasteiger partial charge is 0.616 e. The molecular weight excluding hydrogens is 524 g/mol. The third-order valence-electron chi connectivity index (χ3n) is 7.40. The minimum absolute atomic E-state index is 0.234. The van der Waals surface area contributed by atoms with Crippen LogP contribution in [0.5, 0.6) is 5.75 Å². The van der Waals surface area contributed by atoms with Gasteiger partial charge >= 0.3 is 0 Å². The van der Waals surface area contributed by atoms with Gasteiger partial charge in [-0.2, -0.15) is 5.26 Å². The molecule has 2 unspecified atom stereocenters. The summed E-state index contributed by atoms with van der Waals surface area (Å²) in [5.41, 5.74) is 4.02. The summed E-state index contributed by atoms with van der Waals surface area (Å²) in [7, 11) is 1.73. The molecule has 1 aliphatic heterocycles. The van der Waals surface area contributed by atoms with E-state index in [-0.39, 0.29) is 6.23 Å². The lowest BCUT2D eigenvalue weighted by atomic mass is 10.0. The van der Waals surface area contributed by atoms with Gasteiger partial charge in [0, 0.05) is 26.7 Å². The molecule has 40 heavy (non-hydrogen) atoms. The van der Waals surface area contributed by atoms with Crippen molar-refractivity contribution in [2.45, 2.75) is 45.4 Å². The zero-order chi connectivity index (χ0) is 28.3. The molecule has 2 aromatic rings. The first-order valence-corrected chi connectivity index (χ1v) is 15.7. The topological polar surface area (TPSA) is 110 Å². The molecule has 214 valence electrons. The molecule has 1 N–H and O–H groups in total. The quantitative estimate of drug-likeness (QED) is 0.336. The fourth-order valence-electron chi connectivity index (χ4n) is 5.25. The summed E-state index contributed by atoms with van der Waals surface area (Å²) in [5.74, 6) is 2.23. The van der Waals surface area contributed by atoms with Crippen molar-refractivity contribution in [2.75, 3.05) is 50.7 Å². The lowest BCUT2D eigenvalue weighted by molar-refractivity contribution is 0.0136. The van der Waals surface area contributed by atoms with Crippen LogP contribution in [-0.2, 0) is 22.5 Å². The van der Waals surface area contributed by atoms with E-state index in [9.17, 15) is 9.81 Å². The summed E-state index contributed by atoms with van der Waals surface area (Å²) < 4.78 is 22.8. The Balaban J connectivity index is 1.57. The first-order valence-electron chi connectivity index (χ1n) is 13.9. The van der Waals surface area contributed by atoms with Crippen LogP contribution in [0.15, 0.2) is 60.2 Å². The Morgan fingerprint density at radius 1 is 1.20 bits per heavy atom. The molecule has 1 aliphatic carbocycles. The molecule has 1 aromatic carbocycles. The van der Waals surface area contributed by atoms with E-state index in [1.54, 1.807) is 25.8 Å². The zero-order valence-corrected chi connectivity index (χ0v) is 24.5. The number of nitrogens with zero attached hydrogens (tertiary/aromatic N) is 5. The van der Waals surface area contributed by atoms with Crippen LogP contribution in [0.2, 0.25) is 0 Å². The van der Waals surface area contributed by atoms with E-state index < -0.39 is 11.2 Å². The van der Waals surface area contributed by atoms with Crippen LogP contribution in [0.4, 0.5) is 5.95 Å². The Morgan fingerprint density at radius 2 is 1.93 bits per heavy atom. The minimum atomic E-state index is -0.906. The fourth-order valence-corrected chi connectivity index (χ4v) is 5.57. The second-order valence-electron chi connectivity index (χ2n) is 10.2. The maximum atomic E-state index is 11.3. The Bertz CT molecular complexity index is 1170. The van der Waals surface area contributed by atoms with Gasteiger partial charge in [-0.25, -0.2) is 9.97 Å². The number of nitrogens with one attached hydrogen (secondary N) is 1. The lowest BCUT2D eigenvalue weighted by Gasteiger charge is -2.40. The van der Waals surface area contributed by atoms with E-state index >= 15 is 0 Å². The molecule has 2 heterocycles. The third-order valence-corrected chi connectivity index (χ3v) is 8.14. The number of rotatable bonds is 14. The predicted octanol–water partition coefficient (Wildman–Crippen LogP) is 4.29. The Kier molecular flexibility index (Phi) is 11.1. The first-order chi connectivity index (χ1) is 19.5. The van der Waals surface area contributed by atoms with Crippen LogP contribution in [0, 0.1) is 17.2 Å². The van der Waals surface area contributed by atoms with E-state index in [1.807, 2.05) is 24.3 Å². The van der Waals surface area contributed by atoms with Gasteiger partial charge in [-0.1, -0.05) is 36.2 Å². The van der Waals surface area contributed by atoms with Crippen molar-refractivity contribution in [3.63, 3.8) is 0 Å². The highest BCUT2D eigenvalue weighted by atomic mass is 32.2. The van der Waals surface area contributed by atoms with Gasteiger partial charge in [-0.3, -0.25) is 0 Å². The van der Waals surface area contributed by atoms with E-state index in [4.69, 9.17) is 9.47 Å². The second-order valence-corrected chi connectivity index (χ2v) is 11.7. The zero-order valence-electron chi connectivity index (χ0n) is 23.7. The van der Waals surface area contributed by atoms with Gasteiger partial charge in [0.15, 0.2) is 5.75 Å². The second kappa shape index (κ2) is 14.9. The van der Waals surface area contributed by atoms with Gasteiger partial charge < -0.3 is 29.1 Å². The summed E-state index contributed by atoms with van der Waals surface area (Å²) in [5, 5.41) is 12.6. The number of likely N-dealkylation sites (N-methyl/N-ethyl adjacent to an activating group) is 1. The van der Waals surface area contributed by atoms with Crippen LogP contribution in [0.1, 0.15) is 43.7 Å². The molecule has 4 rings (SSSR count). The van der Waals surface area contributed by atoms with Crippen LogP contribution in [0.3, 0.4) is 0 Å². The number of aromatic nitrogens is 2. The van der Waals surface area contributed by atoms with Gasteiger partial charge in [-0.05, 0) is 55.5 Å². The smallest absolute Gasteiger partial charge is 0.223 e. The maximum absolute atomic E-state index is 11.3. The summed E-state index contributed by atoms with van der Waals surface area (Å²) in [6, 6.07) is 9.91. The van der Waals surface area contributed by atoms with Crippen molar-refractivity contribution in [2.24, 2.45) is 5.92 Å². The van der Waals surface area contributed by atoms with Crippen LogP contribution >= 0.6 is 0 Å². The number of hydrogen-bond acceptors (Lipinski definition) is 9. The highest BCUT2D eigenvalue weighted by molar-refractivity contribution is 7.90. The predicted molar refractivity (Wildman–Crippen MR) is 158 cm³/mol. The van der Waals surface area contributed by atoms with Crippen LogP contribution < -0.4 is 10.1 Å². The van der Waals surface area contributed by atoms with E-state index in [0.717, 1.165) is 24.4 Å². The molecule has 2 atom stereocenters. The van der Waals surface area contributed by atoms with Gasteiger partial charge in [0.1, 0.15) is 18.6 Å². The van der Waals surface area contributed by atoms with Gasteiger partial charge in [0.25, 0.3) is 0 Å². The number of nitriles is 1. The Morgan fingerprint density at radius 3 is 2.55 bits per heavy atom. The molecule has 0 spiro atoms. The monoisotopic (exact) mass is 564 g/mol. The Labute approximate surface area is 241 Å². The minimum Gasteiger partial charge on any atom is -0.616 e. The van der Waals surface area contributed by atoms with E-state index in [0.29, 0.717) is 48.6 Å². The number of allylic oxidation sites excluding steroid dienone is 1. The number of anilines is 1. The lowest BCUT2D eigenvalue weighted by Crippen LogP contribution is -2.42. The molecular formula is C30H40N6O3S. The van der Waals surface area contributed by atoms with Crippen LogP contribution in [0.25, 0.3) is 0 Å². The van der Waals surface area contributed by atoms with Crippen LogP contribution in [-0.4, -0.2) is 75.9 Å². The standard InChI is InChI=1S/C30H40N6O3S/c1-4-35(21-24-7-5-6-8-24)27-13-14-29(38-2)36(22-25-11-9-23(17-31)10-12-25)28(27)20-34-30-32-18-26(19-33-30)39-15-16-40(3)37/h9-14,18-19,24,29H,4-8,15-16,20-22H2,1-3H3,(H,32,33,34). The molecule has 0 saturated heterocycles. The normalized spacial score (nSPS) is 18.1. The molecule has 0 amide bonds. The number of methoxy groups -OCH3 is 1. The average Bonchev–Trinajstić information content (AvgIpc) is 3.49. The molecule has 9 nitrogen and oxygen atoms in total. The van der Waals surface area contributed by atoms with Gasteiger partial charge in [0.05, 0.1) is 48.2 Å². The summed E-state index contributed by atoms with van der Waals surface area (Å²) in [6.07, 6.45) is 14.2. The van der Waals surface area contributed by atoms with Crippen molar-refractivity contribution in [1.29, 1.82) is 5.26 Å². The third kappa shape index (κ3) is 8.13. The molecule has 0 bridgehead atoms. The highest BCUT2D eigenvalue weighted by Crippen LogP contribution is 2.31. The maximum Gasteiger partial charge on any atom is 0.223 e. The highest BCUT2D eigenvalue weighted by Gasteiger charge is 2.29.